The van der Waals surface area contributed by atoms with Crippen molar-refractivity contribution in [3.05, 3.63) is 154 Å². The molecule has 3 N–H and O–H groups in total. The minimum atomic E-state index is -1.78. The van der Waals surface area contributed by atoms with Gasteiger partial charge in [0, 0.05) is 41.7 Å². The van der Waals surface area contributed by atoms with E-state index < -0.39 is 8.32 Å². The topological polar surface area (TPSA) is 152 Å². The maximum absolute atomic E-state index is 13.9. The molecule has 0 radical (unpaired) electrons. The van der Waals surface area contributed by atoms with Crippen LogP contribution in [0.3, 0.4) is 0 Å². The maximum Gasteiger partial charge on any atom is 0.330 e. The number of nitrogens with one attached hydrogen (secondary N) is 2. The van der Waals surface area contributed by atoms with Gasteiger partial charge in [0.2, 0.25) is 11.9 Å². The summed E-state index contributed by atoms with van der Waals surface area (Å²) in [7, 11) is -1.78. The van der Waals surface area contributed by atoms with Gasteiger partial charge in [-0.15, -0.1) is 0 Å². The van der Waals surface area contributed by atoms with Gasteiger partial charge >= 0.3 is 12.1 Å². The van der Waals surface area contributed by atoms with Crippen LogP contribution < -0.4 is 30.2 Å². The van der Waals surface area contributed by atoms with Crippen LogP contribution in [-0.2, 0) is 30.6 Å². The first-order valence-electron chi connectivity index (χ1n) is 25.5. The third-order valence-corrected chi connectivity index (χ3v) is 19.9. The summed E-state index contributed by atoms with van der Waals surface area (Å²) in [4.78, 5) is 53.2. The number of rotatable bonds is 12. The van der Waals surface area contributed by atoms with E-state index in [1.165, 1.54) is 0 Å². The van der Waals surface area contributed by atoms with Gasteiger partial charge in [0.25, 0.3) is 0 Å². The first-order valence-corrected chi connectivity index (χ1v) is 29.1. The first kappa shape index (κ1) is 51.8. The average molecular weight is 1040 g/mol. The van der Waals surface area contributed by atoms with E-state index in [0.717, 1.165) is 73.6 Å². The lowest BCUT2D eigenvalue weighted by molar-refractivity contribution is 0.126. The van der Waals surface area contributed by atoms with E-state index in [4.69, 9.17) is 37.6 Å². The summed E-state index contributed by atoms with van der Waals surface area (Å²) in [6, 6.07) is 34.8. The number of anilines is 6. The molecule has 0 unspecified atom stereocenters. The van der Waals surface area contributed by atoms with Gasteiger partial charge in [-0.25, -0.2) is 19.6 Å². The van der Waals surface area contributed by atoms with Crippen molar-refractivity contribution < 1.29 is 19.1 Å². The quantitative estimate of drug-likeness (QED) is 0.101. The largest absolute Gasteiger partial charge is 0.414 e. The van der Waals surface area contributed by atoms with Crippen molar-refractivity contribution in [3.8, 4) is 0 Å². The maximum atomic E-state index is 13.9. The van der Waals surface area contributed by atoms with Crippen molar-refractivity contribution in [2.75, 3.05) is 30.2 Å². The van der Waals surface area contributed by atoms with Crippen LogP contribution in [-0.4, -0.2) is 69.7 Å². The molecule has 14 nitrogen and oxygen atoms in total. The van der Waals surface area contributed by atoms with Gasteiger partial charge in [-0.2, -0.15) is 9.97 Å². The number of aliphatic hydroxyl groups excluding tert-OH is 1. The van der Waals surface area contributed by atoms with Crippen molar-refractivity contribution in [1.29, 1.82) is 0 Å². The van der Waals surface area contributed by atoms with E-state index >= 15 is 0 Å². The first-order chi connectivity index (χ1) is 35.1. The lowest BCUT2D eigenvalue weighted by Gasteiger charge is -2.41. The Morgan fingerprint density at radius 1 is 0.603 bits per heavy atom. The summed E-state index contributed by atoms with van der Waals surface area (Å²) < 4.78 is 6.68. The zero-order chi connectivity index (χ0) is 51.3. The normalized spacial score (nSPS) is 20.2. The molecule has 10 rings (SSSR count). The fourth-order valence-corrected chi connectivity index (χ4v) is 11.5. The Morgan fingerprint density at radius 2 is 1.00 bits per heavy atom. The second kappa shape index (κ2) is 22.6. The zero-order valence-electron chi connectivity index (χ0n) is 42.3. The number of hydrogen-bond donors (Lipinski definition) is 3. The Morgan fingerprint density at radius 3 is 1.41 bits per heavy atom. The number of para-hydroxylation sites is 2. The standard InChI is InChI=1S/C31H40ClN5O2Si.C25H26ClN5O2/c1-31(2,3)40(4,5)39-25-17-15-24(16-18-25)34-29-33-19-23-21-36(27-14-10-9-13-26(27)32)30(38)37(28(23)35-29)20-22-11-7-6-8-12-22;26-21-8-4-5-9-22(21)30-16-18-14-27-24(28-19-10-12-20(32)13-11-19)29-23(18)31(25(30)33)15-17-6-2-1-3-7-17/h6-14,19,24-25H,15-18,20-21H2,1-5H3,(H,33,34,35);1-9,14,19-20,32H,10-13,15-16H2,(H,27,28,29). The summed E-state index contributed by atoms with van der Waals surface area (Å²) in [5.41, 5.74) is 5.11. The van der Waals surface area contributed by atoms with Crippen LogP contribution in [0.1, 0.15) is 94.4 Å². The number of aliphatic hydroxyl groups is 1. The molecule has 0 bridgehead atoms. The molecule has 4 heterocycles. The summed E-state index contributed by atoms with van der Waals surface area (Å²) in [5.74, 6) is 2.32. The van der Waals surface area contributed by atoms with E-state index in [2.05, 4.69) is 54.5 Å². The average Bonchev–Trinajstić information content (AvgIpc) is 3.38. The van der Waals surface area contributed by atoms with Crippen molar-refractivity contribution in [2.45, 2.75) is 141 Å². The minimum absolute atomic E-state index is 0.155. The molecule has 2 aliphatic carbocycles. The molecule has 382 valence electrons. The number of fused-ring (bicyclic) bond motifs is 2. The van der Waals surface area contributed by atoms with Crippen LogP contribution in [0.15, 0.2) is 122 Å². The third kappa shape index (κ3) is 12.3. The lowest BCUT2D eigenvalue weighted by Crippen LogP contribution is -2.47. The number of amides is 4. The van der Waals surface area contributed by atoms with Crippen LogP contribution in [0.5, 0.6) is 0 Å². The van der Waals surface area contributed by atoms with E-state index in [-0.39, 0.29) is 35.3 Å². The molecule has 2 saturated carbocycles. The summed E-state index contributed by atoms with van der Waals surface area (Å²) >= 11 is 12.9. The molecule has 4 amide bonds. The number of benzene rings is 4. The molecule has 17 heteroatoms. The number of aromatic nitrogens is 4. The zero-order valence-corrected chi connectivity index (χ0v) is 44.9. The Balaban J connectivity index is 0.000000183. The fourth-order valence-electron chi connectivity index (χ4n) is 9.61. The Hall–Kier alpha value is -6.10. The highest BCUT2D eigenvalue weighted by Gasteiger charge is 2.41. The van der Waals surface area contributed by atoms with E-state index in [1.54, 1.807) is 37.9 Å². The van der Waals surface area contributed by atoms with Crippen molar-refractivity contribution in [2.24, 2.45) is 0 Å². The van der Waals surface area contributed by atoms with Crippen LogP contribution in [0.2, 0.25) is 28.2 Å². The van der Waals surface area contributed by atoms with Crippen LogP contribution in [0.25, 0.3) is 0 Å². The number of nitrogens with zero attached hydrogens (tertiary/aromatic N) is 8. The van der Waals surface area contributed by atoms with Gasteiger partial charge < -0.3 is 20.2 Å². The van der Waals surface area contributed by atoms with Crippen molar-refractivity contribution >= 4 is 78.5 Å². The van der Waals surface area contributed by atoms with Gasteiger partial charge in [0.15, 0.2) is 8.32 Å². The fraction of sp³-hybridized carbons (Fsp3) is 0.393. The molecule has 0 saturated heterocycles. The van der Waals surface area contributed by atoms with Gasteiger partial charge in [0.05, 0.1) is 53.7 Å². The SMILES string of the molecule is CC(C)(C)[Si](C)(C)OC1CCC(Nc2ncc3c(n2)N(Cc2ccccc2)C(=O)N(c2ccccc2Cl)C3)CC1.O=C1N(c2ccccc2Cl)Cc2cnc(NC3CCC(O)CC3)nc2N1Cc1ccccc1. The van der Waals surface area contributed by atoms with E-state index in [9.17, 15) is 14.7 Å². The third-order valence-electron chi connectivity index (χ3n) is 14.7. The highest BCUT2D eigenvalue weighted by Crippen LogP contribution is 2.41. The molecule has 0 spiro atoms. The summed E-state index contributed by atoms with van der Waals surface area (Å²) in [6.45, 7) is 13.0. The smallest absolute Gasteiger partial charge is 0.330 e. The number of hydrogen-bond acceptors (Lipinski definition) is 10. The van der Waals surface area contributed by atoms with E-state index in [0.29, 0.717) is 77.2 Å². The number of halogens is 2. The Bertz CT molecular complexity index is 2860. The molecule has 2 aromatic heterocycles. The Kier molecular flexibility index (Phi) is 16.0. The summed E-state index contributed by atoms with van der Waals surface area (Å²) in [5, 5.41) is 18.0. The molecule has 2 aliphatic heterocycles. The molecule has 4 aliphatic rings. The molecule has 4 aromatic carbocycles. The van der Waals surface area contributed by atoms with Gasteiger partial charge in [-0.3, -0.25) is 19.6 Å². The highest BCUT2D eigenvalue weighted by molar-refractivity contribution is 6.74. The van der Waals surface area contributed by atoms with Gasteiger partial charge in [-0.05, 0) is 105 Å². The van der Waals surface area contributed by atoms with Gasteiger partial charge in [-0.1, -0.05) is 129 Å². The summed E-state index contributed by atoms with van der Waals surface area (Å²) in [6.07, 6.45) is 11.1. The van der Waals surface area contributed by atoms with E-state index in [1.807, 2.05) is 103 Å². The second-order valence-corrected chi connectivity index (χ2v) is 26.6. The Labute approximate surface area is 440 Å². The van der Waals surface area contributed by atoms with Crippen molar-refractivity contribution in [3.63, 3.8) is 0 Å². The number of carbonyl (C=O) groups is 2. The van der Waals surface area contributed by atoms with Crippen LogP contribution in [0.4, 0.5) is 44.5 Å². The number of carbonyl (C=O) groups excluding carboxylic acids is 2. The van der Waals surface area contributed by atoms with Crippen LogP contribution in [0, 0.1) is 0 Å². The minimum Gasteiger partial charge on any atom is -0.414 e. The highest BCUT2D eigenvalue weighted by atomic mass is 35.5. The molecule has 6 aromatic rings. The molecular formula is C56H66Cl2N10O4Si. The predicted molar refractivity (Wildman–Crippen MR) is 295 cm³/mol. The molecular weight excluding hydrogens is 976 g/mol. The molecule has 73 heavy (non-hydrogen) atoms. The molecule has 2 fully saturated rings. The van der Waals surface area contributed by atoms with Gasteiger partial charge in [0.1, 0.15) is 11.6 Å². The molecule has 0 atom stereocenters. The lowest BCUT2D eigenvalue weighted by atomic mass is 9.93. The van der Waals surface area contributed by atoms with Crippen molar-refractivity contribution in [1.82, 2.24) is 19.9 Å². The van der Waals surface area contributed by atoms with Crippen LogP contribution >= 0.6 is 23.2 Å². The number of urea groups is 2. The monoisotopic (exact) mass is 1040 g/mol. The predicted octanol–water partition coefficient (Wildman–Crippen LogP) is 13.0. The second-order valence-electron chi connectivity index (χ2n) is 21.0.